The van der Waals surface area contributed by atoms with Gasteiger partial charge in [0.2, 0.25) is 0 Å². The number of hydrogen-bond acceptors (Lipinski definition) is 4. The van der Waals surface area contributed by atoms with E-state index >= 15 is 0 Å². The van der Waals surface area contributed by atoms with Gasteiger partial charge in [0, 0.05) is 5.75 Å². The number of nitriles is 1. The third-order valence-corrected chi connectivity index (χ3v) is 3.03. The number of nitrogens with zero attached hydrogens (tertiary/aromatic N) is 1. The summed E-state index contributed by atoms with van der Waals surface area (Å²) < 4.78 is 31.2. The third kappa shape index (κ3) is 4.43. The van der Waals surface area contributed by atoms with Gasteiger partial charge in [-0.3, -0.25) is 0 Å². The van der Waals surface area contributed by atoms with Crippen LogP contribution in [0.2, 0.25) is 0 Å². The van der Waals surface area contributed by atoms with Gasteiger partial charge in [-0.1, -0.05) is 30.3 Å². The van der Waals surface area contributed by atoms with E-state index in [9.17, 15) is 13.0 Å². The summed E-state index contributed by atoms with van der Waals surface area (Å²) in [5, 5.41) is 8.93. The Morgan fingerprint density at radius 3 is 2.44 bits per heavy atom. The second-order valence-electron chi connectivity index (χ2n) is 3.50. The van der Waals surface area contributed by atoms with Gasteiger partial charge in [-0.25, -0.2) is 8.42 Å². The molecule has 0 bridgehead atoms. The molecule has 0 aliphatic carbocycles. The van der Waals surface area contributed by atoms with Crippen molar-refractivity contribution in [1.82, 2.24) is 0 Å². The summed E-state index contributed by atoms with van der Waals surface area (Å²) in [7, 11) is -4.17. The van der Waals surface area contributed by atoms with Gasteiger partial charge in [0.25, 0.3) is 0 Å². The van der Waals surface area contributed by atoms with E-state index < -0.39 is 15.9 Å². The maximum absolute atomic E-state index is 10.4. The lowest BCUT2D eigenvalue weighted by Crippen LogP contribution is -2.06. The fraction of sp³-hybridized carbons (Fsp3) is 0.364. The SMILES string of the molecule is N#CC(CCCS(=O)(=O)[O-])c1ccccc1. The summed E-state index contributed by atoms with van der Waals surface area (Å²) in [5.41, 5.74) is 0.855. The van der Waals surface area contributed by atoms with Crippen molar-refractivity contribution < 1.29 is 13.0 Å². The summed E-state index contributed by atoms with van der Waals surface area (Å²) >= 11 is 0. The van der Waals surface area contributed by atoms with Crippen molar-refractivity contribution in [3.63, 3.8) is 0 Å². The molecule has 5 heteroatoms. The fourth-order valence-corrected chi connectivity index (χ4v) is 1.98. The van der Waals surface area contributed by atoms with Gasteiger partial charge in [0.15, 0.2) is 0 Å². The van der Waals surface area contributed by atoms with E-state index in [2.05, 4.69) is 6.07 Å². The first-order valence-electron chi connectivity index (χ1n) is 4.91. The van der Waals surface area contributed by atoms with Crippen molar-refractivity contribution in [2.24, 2.45) is 0 Å². The van der Waals surface area contributed by atoms with Gasteiger partial charge in [-0.15, -0.1) is 0 Å². The molecule has 0 saturated heterocycles. The molecule has 1 atom stereocenters. The molecule has 0 aromatic heterocycles. The van der Waals surface area contributed by atoms with Crippen LogP contribution < -0.4 is 0 Å². The molecule has 1 unspecified atom stereocenters. The second kappa shape index (κ2) is 5.64. The molecule has 0 amide bonds. The van der Waals surface area contributed by atoms with Crippen LogP contribution in [0.5, 0.6) is 0 Å². The predicted octanol–water partition coefficient (Wildman–Crippen LogP) is 1.62. The van der Waals surface area contributed by atoms with E-state index in [0.717, 1.165) is 5.56 Å². The first kappa shape index (κ1) is 12.7. The van der Waals surface area contributed by atoms with E-state index in [1.807, 2.05) is 30.3 Å². The zero-order valence-electron chi connectivity index (χ0n) is 8.67. The number of hydrogen-bond donors (Lipinski definition) is 0. The molecule has 1 aromatic rings. The lowest BCUT2D eigenvalue weighted by molar-refractivity contribution is 0.460. The van der Waals surface area contributed by atoms with Crippen LogP contribution in [0.15, 0.2) is 30.3 Å². The van der Waals surface area contributed by atoms with Crippen LogP contribution in [0.1, 0.15) is 24.3 Å². The maximum atomic E-state index is 10.4. The third-order valence-electron chi connectivity index (χ3n) is 2.24. The van der Waals surface area contributed by atoms with Crippen molar-refractivity contribution in [2.45, 2.75) is 18.8 Å². The molecule has 0 heterocycles. The summed E-state index contributed by atoms with van der Waals surface area (Å²) in [4.78, 5) is 0. The normalized spacial score (nSPS) is 13.0. The first-order chi connectivity index (χ1) is 7.53. The Kier molecular flexibility index (Phi) is 4.47. The predicted molar refractivity (Wildman–Crippen MR) is 58.6 cm³/mol. The fourth-order valence-electron chi connectivity index (χ4n) is 1.46. The highest BCUT2D eigenvalue weighted by molar-refractivity contribution is 7.85. The molecule has 86 valence electrons. The highest BCUT2D eigenvalue weighted by Crippen LogP contribution is 2.20. The van der Waals surface area contributed by atoms with E-state index in [0.29, 0.717) is 6.42 Å². The Morgan fingerprint density at radius 2 is 1.94 bits per heavy atom. The van der Waals surface area contributed by atoms with Crippen molar-refractivity contribution in [3.05, 3.63) is 35.9 Å². The van der Waals surface area contributed by atoms with E-state index in [-0.39, 0.29) is 12.3 Å². The lowest BCUT2D eigenvalue weighted by atomic mass is 9.96. The van der Waals surface area contributed by atoms with Crippen molar-refractivity contribution in [1.29, 1.82) is 5.26 Å². The molecule has 1 aromatic carbocycles. The molecule has 1 rings (SSSR count). The average Bonchev–Trinajstić information content (AvgIpc) is 2.24. The minimum absolute atomic E-state index is 0.221. The molecular weight excluding hydrogens is 226 g/mol. The Morgan fingerprint density at radius 1 is 1.31 bits per heavy atom. The average molecular weight is 238 g/mol. The number of benzene rings is 1. The quantitative estimate of drug-likeness (QED) is 0.730. The largest absolute Gasteiger partial charge is 0.748 e. The van der Waals surface area contributed by atoms with E-state index in [4.69, 9.17) is 5.26 Å². The van der Waals surface area contributed by atoms with E-state index in [1.165, 1.54) is 0 Å². The van der Waals surface area contributed by atoms with Crippen LogP contribution in [0.3, 0.4) is 0 Å². The van der Waals surface area contributed by atoms with Crippen LogP contribution in [-0.4, -0.2) is 18.7 Å². The topological polar surface area (TPSA) is 81.0 Å². The van der Waals surface area contributed by atoms with Gasteiger partial charge in [-0.2, -0.15) is 5.26 Å². The first-order valence-corrected chi connectivity index (χ1v) is 6.49. The maximum Gasteiger partial charge on any atom is 0.0945 e. The van der Waals surface area contributed by atoms with Gasteiger partial charge in [0.05, 0.1) is 22.1 Å². The molecule has 0 fully saturated rings. The molecule has 4 nitrogen and oxygen atoms in total. The molecule has 0 spiro atoms. The summed E-state index contributed by atoms with van der Waals surface area (Å²) in [6.45, 7) is 0. The van der Waals surface area contributed by atoms with Gasteiger partial charge in [-0.05, 0) is 18.4 Å². The monoisotopic (exact) mass is 238 g/mol. The van der Waals surface area contributed by atoms with Gasteiger partial charge in [0.1, 0.15) is 0 Å². The minimum atomic E-state index is -4.17. The molecular formula is C11H12NO3S-. The molecule has 0 N–H and O–H groups in total. The van der Waals surface area contributed by atoms with Crippen LogP contribution in [0.4, 0.5) is 0 Å². The summed E-state index contributed by atoms with van der Waals surface area (Å²) in [6, 6.07) is 11.2. The van der Waals surface area contributed by atoms with Crippen molar-refractivity contribution in [3.8, 4) is 6.07 Å². The Bertz CT molecular complexity index is 462. The molecule has 0 radical (unpaired) electrons. The molecule has 0 aliphatic heterocycles. The highest BCUT2D eigenvalue weighted by atomic mass is 32.2. The van der Waals surface area contributed by atoms with Crippen LogP contribution >= 0.6 is 0 Å². The standard InChI is InChI=1S/C11H13NO3S/c12-9-11(7-4-8-16(13,14)15)10-5-2-1-3-6-10/h1-3,5-6,11H,4,7-8H2,(H,13,14,15)/p-1. The smallest absolute Gasteiger partial charge is 0.0945 e. The van der Waals surface area contributed by atoms with Gasteiger partial charge >= 0.3 is 0 Å². The van der Waals surface area contributed by atoms with Crippen molar-refractivity contribution in [2.75, 3.05) is 5.75 Å². The Labute approximate surface area is 95.3 Å². The number of rotatable bonds is 5. The Balaban J connectivity index is 2.55. The zero-order valence-corrected chi connectivity index (χ0v) is 9.48. The molecule has 0 saturated carbocycles. The lowest BCUT2D eigenvalue weighted by Gasteiger charge is -2.10. The van der Waals surface area contributed by atoms with Crippen molar-refractivity contribution >= 4 is 10.1 Å². The van der Waals surface area contributed by atoms with Crippen LogP contribution in [0, 0.1) is 11.3 Å². The summed E-state index contributed by atoms with van der Waals surface area (Å²) in [6.07, 6.45) is 0.612. The van der Waals surface area contributed by atoms with Gasteiger partial charge < -0.3 is 4.55 Å². The Hall–Kier alpha value is -1.38. The van der Waals surface area contributed by atoms with Crippen LogP contribution in [0.25, 0.3) is 0 Å². The second-order valence-corrected chi connectivity index (χ2v) is 5.02. The zero-order chi connectivity index (χ0) is 12.0. The molecule has 16 heavy (non-hydrogen) atoms. The summed E-state index contributed by atoms with van der Waals surface area (Å²) in [5.74, 6) is -0.749. The molecule has 0 aliphatic rings. The highest BCUT2D eigenvalue weighted by Gasteiger charge is 2.10. The van der Waals surface area contributed by atoms with Crippen LogP contribution in [-0.2, 0) is 10.1 Å². The minimum Gasteiger partial charge on any atom is -0.748 e. The van der Waals surface area contributed by atoms with E-state index in [1.54, 1.807) is 0 Å².